The van der Waals surface area contributed by atoms with Gasteiger partial charge in [-0.3, -0.25) is 4.79 Å². The van der Waals surface area contributed by atoms with Gasteiger partial charge in [0.05, 0.1) is 31.3 Å². The van der Waals surface area contributed by atoms with Crippen LogP contribution in [0.1, 0.15) is 239 Å². The van der Waals surface area contributed by atoms with E-state index in [2.05, 4.69) is 19.2 Å². The van der Waals surface area contributed by atoms with Crippen molar-refractivity contribution in [2.75, 3.05) is 6.61 Å². The van der Waals surface area contributed by atoms with E-state index in [0.717, 1.165) is 25.7 Å². The largest absolute Gasteiger partial charge is 0.394 e. The van der Waals surface area contributed by atoms with Crippen LogP contribution in [0.2, 0.25) is 0 Å². The van der Waals surface area contributed by atoms with E-state index >= 15 is 0 Å². The van der Waals surface area contributed by atoms with Gasteiger partial charge in [-0.05, 0) is 19.3 Å². The van der Waals surface area contributed by atoms with Crippen LogP contribution in [0.15, 0.2) is 12.2 Å². The molecule has 0 rings (SSSR count). The van der Waals surface area contributed by atoms with E-state index in [0.29, 0.717) is 6.42 Å². The van der Waals surface area contributed by atoms with Crippen LogP contribution in [0.25, 0.3) is 0 Å². The molecule has 0 saturated carbocycles. The van der Waals surface area contributed by atoms with Gasteiger partial charge in [0.1, 0.15) is 0 Å². The molecule has 4 N–H and O–H groups in total. The third kappa shape index (κ3) is 36.7. The molecule has 0 aromatic carbocycles. The number of nitrogens with one attached hydrogen (secondary N) is 1. The molecule has 0 bridgehead atoms. The third-order valence-corrected chi connectivity index (χ3v) is 10.3. The van der Waals surface area contributed by atoms with E-state index in [1.54, 1.807) is 6.08 Å². The number of amides is 1. The van der Waals surface area contributed by atoms with E-state index in [-0.39, 0.29) is 18.9 Å². The summed E-state index contributed by atoms with van der Waals surface area (Å²) in [7, 11) is 0. The highest BCUT2D eigenvalue weighted by atomic mass is 16.3. The summed E-state index contributed by atoms with van der Waals surface area (Å²) in [5, 5.41) is 33.2. The topological polar surface area (TPSA) is 89.8 Å². The average molecular weight is 694 g/mol. The molecule has 0 spiro atoms. The highest BCUT2D eigenvalue weighted by Crippen LogP contribution is 2.16. The summed E-state index contributed by atoms with van der Waals surface area (Å²) in [4.78, 5) is 12.4. The molecule has 49 heavy (non-hydrogen) atoms. The summed E-state index contributed by atoms with van der Waals surface area (Å²) in [5.74, 6) is -0.312. The molecule has 0 saturated heterocycles. The molecule has 0 heterocycles. The molecule has 1 amide bonds. The van der Waals surface area contributed by atoms with Crippen molar-refractivity contribution >= 4 is 5.91 Å². The zero-order valence-electron chi connectivity index (χ0n) is 33.1. The number of rotatable bonds is 40. The summed E-state index contributed by atoms with van der Waals surface area (Å²) in [6, 6.07) is -0.739. The van der Waals surface area contributed by atoms with Gasteiger partial charge >= 0.3 is 0 Å². The molecule has 0 aromatic rings. The third-order valence-electron chi connectivity index (χ3n) is 10.3. The molecule has 0 aromatic heterocycles. The van der Waals surface area contributed by atoms with Crippen molar-refractivity contribution in [2.45, 2.75) is 257 Å². The number of carbonyl (C=O) groups excluding carboxylic acids is 1. The van der Waals surface area contributed by atoms with Crippen molar-refractivity contribution in [1.82, 2.24) is 5.32 Å². The maximum atomic E-state index is 12.4. The van der Waals surface area contributed by atoms with Crippen LogP contribution in [-0.4, -0.2) is 46.1 Å². The zero-order chi connectivity index (χ0) is 35.9. The lowest BCUT2D eigenvalue weighted by atomic mass is 10.0. The van der Waals surface area contributed by atoms with Gasteiger partial charge in [-0.15, -0.1) is 0 Å². The Morgan fingerprint density at radius 1 is 0.510 bits per heavy atom. The van der Waals surface area contributed by atoms with Gasteiger partial charge in [0.25, 0.3) is 0 Å². The average Bonchev–Trinajstić information content (AvgIpc) is 3.09. The first-order valence-electron chi connectivity index (χ1n) is 22.0. The number of aliphatic hydroxyl groups excluding tert-OH is 3. The maximum absolute atomic E-state index is 12.4. The summed E-state index contributed by atoms with van der Waals surface area (Å²) in [6.07, 6.45) is 46.4. The van der Waals surface area contributed by atoms with Gasteiger partial charge in [0, 0.05) is 0 Å². The normalized spacial score (nSPS) is 13.7. The van der Waals surface area contributed by atoms with E-state index in [1.165, 1.54) is 186 Å². The Morgan fingerprint density at radius 2 is 0.837 bits per heavy atom. The second-order valence-electron chi connectivity index (χ2n) is 15.3. The lowest BCUT2D eigenvalue weighted by molar-refractivity contribution is -0.124. The Labute approximate surface area is 306 Å². The lowest BCUT2D eigenvalue weighted by Crippen LogP contribution is -2.45. The number of unbranched alkanes of at least 4 members (excludes halogenated alkanes) is 31. The van der Waals surface area contributed by atoms with Gasteiger partial charge < -0.3 is 20.6 Å². The molecular formula is C44H87NO4. The Balaban J connectivity index is 3.64. The van der Waals surface area contributed by atoms with Crippen LogP contribution >= 0.6 is 0 Å². The quantitative estimate of drug-likeness (QED) is 0.0380. The van der Waals surface area contributed by atoms with Gasteiger partial charge in [0.2, 0.25) is 5.91 Å². The molecule has 0 aliphatic heterocycles. The van der Waals surface area contributed by atoms with Gasteiger partial charge in [-0.25, -0.2) is 0 Å². The van der Waals surface area contributed by atoms with Crippen molar-refractivity contribution in [3.05, 3.63) is 12.2 Å². The van der Waals surface area contributed by atoms with Crippen molar-refractivity contribution in [3.8, 4) is 0 Å². The number of allylic oxidation sites excluding steroid dienone is 1. The van der Waals surface area contributed by atoms with Gasteiger partial charge in [-0.2, -0.15) is 0 Å². The fourth-order valence-electron chi connectivity index (χ4n) is 6.93. The summed E-state index contributed by atoms with van der Waals surface area (Å²) in [6.45, 7) is 4.22. The first-order chi connectivity index (χ1) is 24.0. The number of hydrogen-bond acceptors (Lipinski definition) is 4. The number of hydrogen-bond donors (Lipinski definition) is 4. The standard InChI is InChI=1S/C44H87NO4/c1-3-5-7-9-11-13-15-17-19-20-21-22-23-24-26-28-30-32-34-36-38-43(48)42(40-46)45-44(49)39-41(47)37-35-33-31-29-27-25-18-16-14-12-10-8-6-4-2/h36,38,41-43,46-48H,3-35,37,39-40H2,1-2H3,(H,45,49)/b38-36+. The molecule has 0 radical (unpaired) electrons. The maximum Gasteiger partial charge on any atom is 0.222 e. The molecule has 0 aliphatic carbocycles. The lowest BCUT2D eigenvalue weighted by Gasteiger charge is -2.21. The SMILES string of the molecule is CCCCCCCCCCCCCCCCCCCC/C=C/C(O)C(CO)NC(=O)CC(O)CCCCCCCCCCCCCCCC. The minimum atomic E-state index is -0.924. The van der Waals surface area contributed by atoms with Crippen LogP contribution in [0.3, 0.4) is 0 Å². The fraction of sp³-hybridized carbons (Fsp3) is 0.932. The predicted octanol–water partition coefficient (Wildman–Crippen LogP) is 12.4. The van der Waals surface area contributed by atoms with Gasteiger partial charge in [-0.1, -0.05) is 225 Å². The van der Waals surface area contributed by atoms with Crippen molar-refractivity contribution in [3.63, 3.8) is 0 Å². The van der Waals surface area contributed by atoms with Crippen LogP contribution in [-0.2, 0) is 4.79 Å². The highest BCUT2D eigenvalue weighted by Gasteiger charge is 2.20. The van der Waals surface area contributed by atoms with Crippen LogP contribution < -0.4 is 5.32 Å². The van der Waals surface area contributed by atoms with Crippen molar-refractivity contribution in [2.24, 2.45) is 0 Å². The minimum Gasteiger partial charge on any atom is -0.394 e. The van der Waals surface area contributed by atoms with Gasteiger partial charge in [0.15, 0.2) is 0 Å². The molecule has 5 nitrogen and oxygen atoms in total. The molecule has 0 aliphatic rings. The zero-order valence-corrected chi connectivity index (χ0v) is 33.1. The van der Waals surface area contributed by atoms with E-state index in [4.69, 9.17) is 0 Å². The van der Waals surface area contributed by atoms with Crippen LogP contribution in [0, 0.1) is 0 Å². The fourth-order valence-corrected chi connectivity index (χ4v) is 6.93. The van der Waals surface area contributed by atoms with E-state index in [9.17, 15) is 20.1 Å². The summed E-state index contributed by atoms with van der Waals surface area (Å²) < 4.78 is 0. The number of carbonyl (C=O) groups is 1. The molecule has 5 heteroatoms. The first-order valence-corrected chi connectivity index (χ1v) is 22.0. The molecule has 0 fully saturated rings. The highest BCUT2D eigenvalue weighted by molar-refractivity contribution is 5.76. The second kappa shape index (κ2) is 39.9. The number of aliphatic hydroxyl groups is 3. The predicted molar refractivity (Wildman–Crippen MR) is 213 cm³/mol. The smallest absolute Gasteiger partial charge is 0.222 e. The van der Waals surface area contributed by atoms with Crippen molar-refractivity contribution < 1.29 is 20.1 Å². The van der Waals surface area contributed by atoms with Crippen LogP contribution in [0.4, 0.5) is 0 Å². The molecular weight excluding hydrogens is 606 g/mol. The first kappa shape index (κ1) is 48.1. The second-order valence-corrected chi connectivity index (χ2v) is 15.3. The summed E-state index contributed by atoms with van der Waals surface area (Å²) in [5.41, 5.74) is 0. The Kier molecular flexibility index (Phi) is 39.1. The molecule has 3 atom stereocenters. The Hall–Kier alpha value is -0.910. The van der Waals surface area contributed by atoms with Crippen molar-refractivity contribution in [1.29, 1.82) is 0 Å². The van der Waals surface area contributed by atoms with E-state index in [1.807, 2.05) is 6.08 Å². The molecule has 3 unspecified atom stereocenters. The molecule has 292 valence electrons. The monoisotopic (exact) mass is 694 g/mol. The Bertz CT molecular complexity index is 684. The Morgan fingerprint density at radius 3 is 1.18 bits per heavy atom. The van der Waals surface area contributed by atoms with E-state index < -0.39 is 18.2 Å². The van der Waals surface area contributed by atoms with Crippen LogP contribution in [0.5, 0.6) is 0 Å². The minimum absolute atomic E-state index is 0.0185. The summed E-state index contributed by atoms with van der Waals surface area (Å²) >= 11 is 0.